The van der Waals surface area contributed by atoms with E-state index < -0.39 is 0 Å². The topological polar surface area (TPSA) is 69.6 Å². The van der Waals surface area contributed by atoms with Gasteiger partial charge in [-0.2, -0.15) is 0 Å². The van der Waals surface area contributed by atoms with Gasteiger partial charge < -0.3 is 5.73 Å². The molecule has 0 aliphatic rings. The quantitative estimate of drug-likeness (QED) is 0.623. The second-order valence-corrected chi connectivity index (χ2v) is 6.17. The van der Waals surface area contributed by atoms with Gasteiger partial charge in [-0.3, -0.25) is 0 Å². The molecule has 4 rings (SSSR count). The second kappa shape index (κ2) is 6.36. The third-order valence-electron chi connectivity index (χ3n) is 4.48. The molecule has 2 aromatic carbocycles. The lowest BCUT2D eigenvalue weighted by atomic mass is 9.85. The lowest BCUT2D eigenvalue weighted by molar-refractivity contribution is 0.725. The van der Waals surface area contributed by atoms with Crippen molar-refractivity contribution in [2.75, 3.05) is 5.73 Å². The number of rotatable bonds is 4. The van der Waals surface area contributed by atoms with Gasteiger partial charge in [0.05, 0.1) is 0 Å². The summed E-state index contributed by atoms with van der Waals surface area (Å²) in [6.07, 6.45) is 0.870. The number of hydrogen-bond acceptors (Lipinski definition) is 4. The molecule has 124 valence electrons. The predicted octanol–water partition coefficient (Wildman–Crippen LogP) is 3.32. The zero-order valence-electron chi connectivity index (χ0n) is 14.0. The highest BCUT2D eigenvalue weighted by molar-refractivity contribution is 5.78. The number of nitrogens with two attached hydrogens (primary N) is 1. The highest BCUT2D eigenvalue weighted by Gasteiger charge is 2.21. The Hall–Kier alpha value is -3.21. The Labute approximate surface area is 146 Å². The average molecular weight is 329 g/mol. The summed E-state index contributed by atoms with van der Waals surface area (Å²) < 4.78 is 1.78. The number of nitrogens with zero attached hydrogens (tertiary/aromatic N) is 4. The summed E-state index contributed by atoms with van der Waals surface area (Å²) >= 11 is 0. The molecule has 1 atom stereocenters. The number of pyridine rings is 1. The molecule has 0 aliphatic carbocycles. The molecule has 4 aromatic rings. The van der Waals surface area contributed by atoms with Crippen LogP contribution in [-0.4, -0.2) is 20.0 Å². The molecule has 0 amide bonds. The summed E-state index contributed by atoms with van der Waals surface area (Å²) in [6.45, 7) is 0. The van der Waals surface area contributed by atoms with Gasteiger partial charge in [0.1, 0.15) is 11.3 Å². The first kappa shape index (κ1) is 15.3. The van der Waals surface area contributed by atoms with E-state index in [1.807, 2.05) is 25.2 Å². The molecule has 2 heterocycles. The van der Waals surface area contributed by atoms with Crippen molar-refractivity contribution in [3.8, 4) is 0 Å². The van der Waals surface area contributed by atoms with Crippen LogP contribution in [0.2, 0.25) is 0 Å². The molecule has 1 unspecified atom stereocenters. The molecule has 25 heavy (non-hydrogen) atoms. The van der Waals surface area contributed by atoms with E-state index in [2.05, 4.69) is 63.8 Å². The Morgan fingerprint density at radius 2 is 1.68 bits per heavy atom. The van der Waals surface area contributed by atoms with Gasteiger partial charge in [0, 0.05) is 13.0 Å². The normalized spacial score (nSPS) is 12.4. The minimum Gasteiger partial charge on any atom is -0.384 e. The fourth-order valence-electron chi connectivity index (χ4n) is 3.33. The molecule has 0 aliphatic heterocycles. The molecule has 2 N–H and O–H groups in total. The molecule has 2 aromatic heterocycles. The van der Waals surface area contributed by atoms with Crippen molar-refractivity contribution in [2.24, 2.45) is 7.05 Å². The molecule has 0 saturated carbocycles. The van der Waals surface area contributed by atoms with Crippen LogP contribution in [0.15, 0.2) is 66.7 Å². The highest BCUT2D eigenvalue weighted by atomic mass is 15.4. The van der Waals surface area contributed by atoms with Gasteiger partial charge in [0.25, 0.3) is 0 Å². The minimum atomic E-state index is 0.147. The molecule has 0 fully saturated rings. The summed E-state index contributed by atoms with van der Waals surface area (Å²) in [5.41, 5.74) is 11.2. The fraction of sp³-hybridized carbons (Fsp3) is 0.150. The Morgan fingerprint density at radius 3 is 2.40 bits per heavy atom. The van der Waals surface area contributed by atoms with Crippen molar-refractivity contribution in [1.82, 2.24) is 20.0 Å². The number of anilines is 1. The van der Waals surface area contributed by atoms with E-state index in [0.717, 1.165) is 17.5 Å². The van der Waals surface area contributed by atoms with Crippen LogP contribution in [0.5, 0.6) is 0 Å². The van der Waals surface area contributed by atoms with E-state index in [1.54, 1.807) is 4.68 Å². The van der Waals surface area contributed by atoms with Crippen LogP contribution >= 0.6 is 0 Å². The Kier molecular flexibility index (Phi) is 3.90. The average Bonchev–Trinajstić information content (AvgIpc) is 3.01. The predicted molar refractivity (Wildman–Crippen MR) is 99.1 cm³/mol. The van der Waals surface area contributed by atoms with Crippen molar-refractivity contribution in [3.63, 3.8) is 0 Å². The minimum absolute atomic E-state index is 0.147. The van der Waals surface area contributed by atoms with E-state index in [1.165, 1.54) is 11.1 Å². The first-order valence-electron chi connectivity index (χ1n) is 8.27. The Balaban J connectivity index is 1.91. The van der Waals surface area contributed by atoms with Crippen LogP contribution in [0.1, 0.15) is 22.6 Å². The van der Waals surface area contributed by atoms with Crippen LogP contribution < -0.4 is 5.73 Å². The van der Waals surface area contributed by atoms with E-state index in [4.69, 9.17) is 5.73 Å². The van der Waals surface area contributed by atoms with E-state index in [9.17, 15) is 0 Å². The Morgan fingerprint density at radius 1 is 1.00 bits per heavy atom. The zero-order chi connectivity index (χ0) is 17.2. The van der Waals surface area contributed by atoms with Crippen LogP contribution in [0.4, 0.5) is 5.82 Å². The van der Waals surface area contributed by atoms with Crippen LogP contribution in [0.25, 0.3) is 11.2 Å². The summed E-state index contributed by atoms with van der Waals surface area (Å²) in [5, 5.41) is 8.27. The maximum Gasteiger partial charge on any atom is 0.204 e. The van der Waals surface area contributed by atoms with Crippen molar-refractivity contribution < 1.29 is 0 Å². The van der Waals surface area contributed by atoms with Crippen molar-refractivity contribution in [2.45, 2.75) is 12.3 Å². The smallest absolute Gasteiger partial charge is 0.204 e. The number of aromatic nitrogens is 4. The SMILES string of the molecule is Cn1nnc2nc(N)cc(C(Cc3ccccc3)c3ccccc3)c21. The fourth-order valence-corrected chi connectivity index (χ4v) is 3.33. The highest BCUT2D eigenvalue weighted by Crippen LogP contribution is 2.33. The monoisotopic (exact) mass is 329 g/mol. The summed E-state index contributed by atoms with van der Waals surface area (Å²) in [4.78, 5) is 4.32. The number of benzene rings is 2. The summed E-state index contributed by atoms with van der Waals surface area (Å²) in [6, 6.07) is 22.9. The van der Waals surface area contributed by atoms with E-state index >= 15 is 0 Å². The standard InChI is InChI=1S/C20H19N5/c1-25-19-17(13-18(21)22-20(19)23-24-25)16(15-10-6-3-7-11-15)12-14-8-4-2-5-9-14/h2-11,13,16H,12H2,1H3,(H2,21,22). The first-order chi connectivity index (χ1) is 12.2. The number of hydrogen-bond donors (Lipinski definition) is 1. The lowest BCUT2D eigenvalue weighted by Gasteiger charge is -2.19. The second-order valence-electron chi connectivity index (χ2n) is 6.17. The van der Waals surface area contributed by atoms with Gasteiger partial charge in [-0.15, -0.1) is 5.10 Å². The van der Waals surface area contributed by atoms with Crippen LogP contribution in [0.3, 0.4) is 0 Å². The van der Waals surface area contributed by atoms with Gasteiger partial charge in [-0.25, -0.2) is 9.67 Å². The van der Waals surface area contributed by atoms with Gasteiger partial charge in [-0.1, -0.05) is 65.9 Å². The van der Waals surface area contributed by atoms with Gasteiger partial charge in [0.15, 0.2) is 0 Å². The lowest BCUT2D eigenvalue weighted by Crippen LogP contribution is -2.09. The third kappa shape index (κ3) is 2.96. The summed E-state index contributed by atoms with van der Waals surface area (Å²) in [5.74, 6) is 0.616. The van der Waals surface area contributed by atoms with Gasteiger partial charge >= 0.3 is 0 Å². The van der Waals surface area contributed by atoms with E-state index in [0.29, 0.717) is 11.5 Å². The van der Waals surface area contributed by atoms with Crippen molar-refractivity contribution in [3.05, 3.63) is 83.4 Å². The molecule has 0 bridgehead atoms. The third-order valence-corrected chi connectivity index (χ3v) is 4.48. The molecule has 5 heteroatoms. The maximum atomic E-state index is 6.06. The molecule has 0 spiro atoms. The zero-order valence-corrected chi connectivity index (χ0v) is 14.0. The largest absolute Gasteiger partial charge is 0.384 e. The van der Waals surface area contributed by atoms with Gasteiger partial charge in [-0.05, 0) is 29.2 Å². The number of fused-ring (bicyclic) bond motifs is 1. The van der Waals surface area contributed by atoms with Crippen molar-refractivity contribution in [1.29, 1.82) is 0 Å². The molecular weight excluding hydrogens is 310 g/mol. The van der Waals surface area contributed by atoms with Gasteiger partial charge in [0.2, 0.25) is 5.65 Å². The van der Waals surface area contributed by atoms with Crippen LogP contribution in [0, 0.1) is 0 Å². The number of nitrogen functional groups attached to an aromatic ring is 1. The molecule has 0 radical (unpaired) electrons. The maximum absolute atomic E-state index is 6.06. The molecule has 0 saturated heterocycles. The Bertz CT molecular complexity index is 993. The molecule has 5 nitrogen and oxygen atoms in total. The van der Waals surface area contributed by atoms with Crippen molar-refractivity contribution >= 4 is 17.0 Å². The summed E-state index contributed by atoms with van der Waals surface area (Å²) in [7, 11) is 1.89. The van der Waals surface area contributed by atoms with Crippen LogP contribution in [-0.2, 0) is 13.5 Å². The first-order valence-corrected chi connectivity index (χ1v) is 8.27. The number of aryl methyl sites for hydroxylation is 1. The molecular formula is C20H19N5. The van der Waals surface area contributed by atoms with E-state index in [-0.39, 0.29) is 5.92 Å².